The highest BCUT2D eigenvalue weighted by atomic mass is 16.5. The van der Waals surface area contributed by atoms with Gasteiger partial charge in [0.25, 0.3) is 5.91 Å². The van der Waals surface area contributed by atoms with Gasteiger partial charge in [0.15, 0.2) is 0 Å². The lowest BCUT2D eigenvalue weighted by Crippen LogP contribution is -2.46. The average molecular weight is 573 g/mol. The first-order valence-electron chi connectivity index (χ1n) is 14.1. The van der Waals surface area contributed by atoms with Crippen LogP contribution in [0.15, 0.2) is 121 Å². The minimum Gasteiger partial charge on any atom is -0.489 e. The van der Waals surface area contributed by atoms with Gasteiger partial charge in [0.2, 0.25) is 5.91 Å². The molecule has 0 heterocycles. The number of amides is 2. The van der Waals surface area contributed by atoms with E-state index in [9.17, 15) is 14.4 Å². The predicted molar refractivity (Wildman–Crippen MR) is 167 cm³/mol. The largest absolute Gasteiger partial charge is 0.489 e. The van der Waals surface area contributed by atoms with Gasteiger partial charge < -0.3 is 20.5 Å². The fourth-order valence-electron chi connectivity index (χ4n) is 4.74. The summed E-state index contributed by atoms with van der Waals surface area (Å²) in [5.41, 5.74) is 4.25. The van der Waals surface area contributed by atoms with Gasteiger partial charge in [0, 0.05) is 18.5 Å². The molecule has 0 aliphatic carbocycles. The van der Waals surface area contributed by atoms with Gasteiger partial charge in [-0.1, -0.05) is 91.0 Å². The van der Waals surface area contributed by atoms with Crippen LogP contribution < -0.4 is 15.4 Å². The van der Waals surface area contributed by atoms with Crippen molar-refractivity contribution < 1.29 is 24.2 Å². The van der Waals surface area contributed by atoms with Crippen LogP contribution in [0.2, 0.25) is 0 Å². The second-order valence-corrected chi connectivity index (χ2v) is 10.2. The lowest BCUT2D eigenvalue weighted by atomic mass is 10.0. The number of hydrogen-bond acceptors (Lipinski definition) is 4. The average Bonchev–Trinajstić information content (AvgIpc) is 3.05. The fraction of sp³-hybridized carbons (Fsp3) is 0.139. The molecule has 0 radical (unpaired) electrons. The first-order valence-corrected chi connectivity index (χ1v) is 14.1. The lowest BCUT2D eigenvalue weighted by molar-refractivity contribution is -0.137. The van der Waals surface area contributed by atoms with E-state index in [-0.39, 0.29) is 19.4 Å². The molecule has 1 atom stereocenters. The van der Waals surface area contributed by atoms with Crippen LogP contribution in [-0.4, -0.2) is 28.9 Å². The monoisotopic (exact) mass is 572 g/mol. The second-order valence-electron chi connectivity index (χ2n) is 10.2. The number of benzene rings is 5. The maximum absolute atomic E-state index is 13.0. The third-order valence-electron chi connectivity index (χ3n) is 7.13. The molecule has 7 heteroatoms. The Morgan fingerprint density at radius 2 is 1.35 bits per heavy atom. The van der Waals surface area contributed by atoms with E-state index in [1.54, 1.807) is 12.1 Å². The quantitative estimate of drug-likeness (QED) is 0.161. The fourth-order valence-corrected chi connectivity index (χ4v) is 4.74. The van der Waals surface area contributed by atoms with Crippen molar-refractivity contribution in [2.24, 2.45) is 0 Å². The van der Waals surface area contributed by atoms with Crippen LogP contribution >= 0.6 is 0 Å². The van der Waals surface area contributed by atoms with Crippen molar-refractivity contribution in [1.82, 2.24) is 10.6 Å². The maximum Gasteiger partial charge on any atom is 0.303 e. The molecule has 0 unspecified atom stereocenters. The van der Waals surface area contributed by atoms with E-state index in [2.05, 4.69) is 41.0 Å². The minimum atomic E-state index is -1.04. The predicted octanol–water partition coefficient (Wildman–Crippen LogP) is 6.37. The number of nitrogens with one attached hydrogen (secondary N) is 2. The molecule has 7 nitrogen and oxygen atoms in total. The van der Waals surface area contributed by atoms with E-state index < -0.39 is 23.8 Å². The van der Waals surface area contributed by atoms with Gasteiger partial charge in [-0.15, -0.1) is 0 Å². The van der Waals surface area contributed by atoms with Gasteiger partial charge in [-0.25, -0.2) is 0 Å². The molecule has 5 rings (SSSR count). The van der Waals surface area contributed by atoms with Crippen LogP contribution in [-0.2, 0) is 22.7 Å². The van der Waals surface area contributed by atoms with Crippen molar-refractivity contribution in [2.75, 3.05) is 0 Å². The van der Waals surface area contributed by atoms with Crippen molar-refractivity contribution in [3.05, 3.63) is 138 Å². The van der Waals surface area contributed by atoms with Gasteiger partial charge in [-0.05, 0) is 69.8 Å². The molecular weight excluding hydrogens is 540 g/mol. The normalized spacial score (nSPS) is 11.4. The molecule has 0 aliphatic heterocycles. The van der Waals surface area contributed by atoms with Gasteiger partial charge in [0.1, 0.15) is 18.4 Å². The first-order chi connectivity index (χ1) is 20.9. The number of ether oxygens (including phenoxy) is 1. The van der Waals surface area contributed by atoms with Crippen LogP contribution in [0.3, 0.4) is 0 Å². The zero-order valence-electron chi connectivity index (χ0n) is 23.5. The minimum absolute atomic E-state index is 0.0188. The molecule has 5 aromatic carbocycles. The lowest BCUT2D eigenvalue weighted by Gasteiger charge is -2.18. The summed E-state index contributed by atoms with van der Waals surface area (Å²) in [4.78, 5) is 36.9. The van der Waals surface area contributed by atoms with Gasteiger partial charge in [-0.3, -0.25) is 14.4 Å². The summed E-state index contributed by atoms with van der Waals surface area (Å²) in [5, 5.41) is 17.0. The zero-order chi connectivity index (χ0) is 30.0. The molecule has 43 heavy (non-hydrogen) atoms. The van der Waals surface area contributed by atoms with Crippen molar-refractivity contribution in [3.8, 4) is 16.9 Å². The molecule has 0 saturated heterocycles. The smallest absolute Gasteiger partial charge is 0.303 e. The Morgan fingerprint density at radius 3 is 2.05 bits per heavy atom. The van der Waals surface area contributed by atoms with E-state index in [1.165, 1.54) is 10.8 Å². The Morgan fingerprint density at radius 1 is 0.698 bits per heavy atom. The summed E-state index contributed by atoms with van der Waals surface area (Å²) >= 11 is 0. The summed E-state index contributed by atoms with van der Waals surface area (Å²) in [6.07, 6.45) is -0.264. The molecule has 0 aromatic heterocycles. The van der Waals surface area contributed by atoms with E-state index in [1.807, 2.05) is 78.9 Å². The Balaban J connectivity index is 1.17. The van der Waals surface area contributed by atoms with E-state index in [0.717, 1.165) is 28.0 Å². The number of aliphatic carboxylic acids is 1. The van der Waals surface area contributed by atoms with Crippen molar-refractivity contribution in [2.45, 2.75) is 32.0 Å². The number of carboxylic acids is 1. The zero-order valence-corrected chi connectivity index (χ0v) is 23.5. The van der Waals surface area contributed by atoms with Crippen LogP contribution in [0.25, 0.3) is 21.9 Å². The number of carbonyl (C=O) groups excluding carboxylic acids is 2. The number of carboxylic acid groups (broad SMARTS) is 1. The van der Waals surface area contributed by atoms with Crippen LogP contribution in [0, 0.1) is 0 Å². The Labute approximate surface area is 250 Å². The van der Waals surface area contributed by atoms with Crippen LogP contribution in [0.5, 0.6) is 5.75 Å². The SMILES string of the molecule is O=C(O)CC[C@H](NC(=O)c1ccc(-c2ccc(OCc3ccc4ccccc4c3)cc2)cc1)C(=O)NCc1ccccc1. The molecule has 0 bridgehead atoms. The molecule has 5 aromatic rings. The van der Waals surface area contributed by atoms with Gasteiger partial charge in [-0.2, -0.15) is 0 Å². The van der Waals surface area contributed by atoms with E-state index in [0.29, 0.717) is 12.2 Å². The molecule has 0 aliphatic rings. The molecular formula is C36H32N2O5. The molecule has 216 valence electrons. The van der Waals surface area contributed by atoms with Crippen molar-refractivity contribution in [1.29, 1.82) is 0 Å². The number of rotatable bonds is 12. The molecule has 0 fully saturated rings. The first kappa shape index (κ1) is 29.1. The summed E-state index contributed by atoms with van der Waals surface area (Å²) in [6.45, 7) is 0.743. The van der Waals surface area contributed by atoms with Gasteiger partial charge >= 0.3 is 5.97 Å². The topological polar surface area (TPSA) is 105 Å². The molecule has 3 N–H and O–H groups in total. The van der Waals surface area contributed by atoms with Crippen molar-refractivity contribution >= 4 is 28.6 Å². The second kappa shape index (κ2) is 14.0. The number of fused-ring (bicyclic) bond motifs is 1. The maximum atomic E-state index is 13.0. The highest BCUT2D eigenvalue weighted by Gasteiger charge is 2.22. The summed E-state index contributed by atoms with van der Waals surface area (Å²) in [6, 6.07) is 37.7. The summed E-state index contributed by atoms with van der Waals surface area (Å²) in [7, 11) is 0. The molecule has 0 spiro atoms. The summed E-state index contributed by atoms with van der Waals surface area (Å²) in [5.74, 6) is -1.16. The molecule has 2 amide bonds. The van der Waals surface area contributed by atoms with Crippen molar-refractivity contribution in [3.63, 3.8) is 0 Å². The number of hydrogen-bond donors (Lipinski definition) is 3. The van der Waals surface area contributed by atoms with Crippen LogP contribution in [0.1, 0.15) is 34.3 Å². The Bertz CT molecular complexity index is 1700. The highest BCUT2D eigenvalue weighted by molar-refractivity contribution is 5.98. The summed E-state index contributed by atoms with van der Waals surface area (Å²) < 4.78 is 5.99. The third kappa shape index (κ3) is 8.07. The van der Waals surface area contributed by atoms with Crippen LogP contribution in [0.4, 0.5) is 0 Å². The highest BCUT2D eigenvalue weighted by Crippen LogP contribution is 2.24. The van der Waals surface area contributed by atoms with E-state index in [4.69, 9.17) is 9.84 Å². The molecule has 0 saturated carbocycles. The third-order valence-corrected chi connectivity index (χ3v) is 7.13. The number of carbonyl (C=O) groups is 3. The standard InChI is InChI=1S/C36H32N2O5/c39-34(40)21-20-33(36(42)37-23-25-6-2-1-3-7-25)38-35(41)30-14-12-28(13-15-30)29-16-18-32(19-17-29)43-24-26-10-11-27-8-4-5-9-31(27)22-26/h1-19,22,33H,20-21,23-24H2,(H,37,42)(H,38,41)(H,39,40)/t33-/m0/s1. The van der Waals surface area contributed by atoms with Gasteiger partial charge in [0.05, 0.1) is 0 Å². The Kier molecular flexibility index (Phi) is 9.44. The van der Waals surface area contributed by atoms with E-state index >= 15 is 0 Å². The Hall–Kier alpha value is -5.43.